The molecule has 0 radical (unpaired) electrons. The molecular formula is C21H28N4O2. The molecule has 1 aliphatic rings. The molecule has 0 amide bonds. The summed E-state index contributed by atoms with van der Waals surface area (Å²) in [7, 11) is 1.77. The summed E-state index contributed by atoms with van der Waals surface area (Å²) in [6.45, 7) is 4.66. The summed E-state index contributed by atoms with van der Waals surface area (Å²) in [4.78, 5) is 8.48. The lowest BCUT2D eigenvalue weighted by Gasteiger charge is -2.15. The van der Waals surface area contributed by atoms with Crippen molar-refractivity contribution < 1.29 is 9.47 Å². The molecule has 0 saturated heterocycles. The summed E-state index contributed by atoms with van der Waals surface area (Å²) < 4.78 is 11.4. The van der Waals surface area contributed by atoms with Crippen molar-refractivity contribution in [2.75, 3.05) is 20.3 Å². The number of hydrogen-bond donors (Lipinski definition) is 2. The fourth-order valence-electron chi connectivity index (χ4n) is 2.66. The van der Waals surface area contributed by atoms with E-state index < -0.39 is 0 Å². The number of nitrogens with one attached hydrogen (secondary N) is 2. The SMILES string of the molecule is CCOc1cc(CNC(=NC)NCc2ccccc2OCC2CC2)ccn1. The monoisotopic (exact) mass is 368 g/mol. The second-order valence-corrected chi connectivity index (χ2v) is 6.58. The van der Waals surface area contributed by atoms with Crippen LogP contribution >= 0.6 is 0 Å². The van der Waals surface area contributed by atoms with E-state index in [2.05, 4.69) is 26.7 Å². The molecule has 0 unspecified atom stereocenters. The summed E-state index contributed by atoms with van der Waals surface area (Å²) in [5.41, 5.74) is 2.22. The maximum atomic E-state index is 5.97. The van der Waals surface area contributed by atoms with E-state index in [-0.39, 0.29) is 0 Å². The highest BCUT2D eigenvalue weighted by molar-refractivity contribution is 5.79. The van der Waals surface area contributed by atoms with E-state index in [0.29, 0.717) is 25.6 Å². The van der Waals surface area contributed by atoms with E-state index in [1.54, 1.807) is 13.2 Å². The molecule has 1 heterocycles. The fraction of sp³-hybridized carbons (Fsp3) is 0.429. The molecule has 1 aromatic heterocycles. The van der Waals surface area contributed by atoms with Crippen LogP contribution < -0.4 is 20.1 Å². The lowest BCUT2D eigenvalue weighted by Crippen LogP contribution is -2.36. The Morgan fingerprint density at radius 1 is 1.15 bits per heavy atom. The number of pyridine rings is 1. The van der Waals surface area contributed by atoms with Gasteiger partial charge in [-0.05, 0) is 43.4 Å². The predicted octanol–water partition coefficient (Wildman–Crippen LogP) is 3.13. The van der Waals surface area contributed by atoms with Crippen molar-refractivity contribution in [2.45, 2.75) is 32.9 Å². The van der Waals surface area contributed by atoms with Crippen molar-refractivity contribution in [3.8, 4) is 11.6 Å². The summed E-state index contributed by atoms with van der Waals surface area (Å²) >= 11 is 0. The third-order valence-corrected chi connectivity index (χ3v) is 4.37. The molecule has 27 heavy (non-hydrogen) atoms. The van der Waals surface area contributed by atoms with E-state index in [1.807, 2.05) is 37.3 Å². The third kappa shape index (κ3) is 6.16. The first-order valence-electron chi connectivity index (χ1n) is 9.51. The molecule has 0 atom stereocenters. The quantitative estimate of drug-likeness (QED) is 0.526. The maximum absolute atomic E-state index is 5.97. The molecule has 0 bridgehead atoms. The van der Waals surface area contributed by atoms with Crippen molar-refractivity contribution in [2.24, 2.45) is 10.9 Å². The van der Waals surface area contributed by atoms with E-state index in [1.165, 1.54) is 12.8 Å². The molecular weight excluding hydrogens is 340 g/mol. The molecule has 3 rings (SSSR count). The Hall–Kier alpha value is -2.76. The summed E-state index contributed by atoms with van der Waals surface area (Å²) in [5, 5.41) is 6.67. The van der Waals surface area contributed by atoms with Gasteiger partial charge in [0.15, 0.2) is 5.96 Å². The standard InChI is InChI=1S/C21H28N4O2/c1-3-26-20-12-17(10-11-23-20)13-24-21(22-2)25-14-18-6-4-5-7-19(18)27-15-16-8-9-16/h4-7,10-12,16H,3,8-9,13-15H2,1-2H3,(H2,22,24,25). The highest BCUT2D eigenvalue weighted by atomic mass is 16.5. The Kier molecular flexibility index (Phi) is 6.90. The van der Waals surface area contributed by atoms with Crippen molar-refractivity contribution in [3.05, 3.63) is 53.7 Å². The molecule has 1 saturated carbocycles. The zero-order valence-electron chi connectivity index (χ0n) is 16.1. The van der Waals surface area contributed by atoms with Crippen LogP contribution in [0.4, 0.5) is 0 Å². The Labute approximate surface area is 161 Å². The lowest BCUT2D eigenvalue weighted by atomic mass is 10.2. The zero-order valence-corrected chi connectivity index (χ0v) is 16.1. The van der Waals surface area contributed by atoms with Gasteiger partial charge in [0.05, 0.1) is 13.2 Å². The van der Waals surface area contributed by atoms with E-state index >= 15 is 0 Å². The molecule has 1 fully saturated rings. The molecule has 6 heteroatoms. The second kappa shape index (κ2) is 9.80. The van der Waals surface area contributed by atoms with Gasteiger partial charge in [-0.3, -0.25) is 4.99 Å². The smallest absolute Gasteiger partial charge is 0.213 e. The first-order chi connectivity index (χ1) is 13.3. The van der Waals surface area contributed by atoms with Crippen molar-refractivity contribution in [1.82, 2.24) is 15.6 Å². The van der Waals surface area contributed by atoms with Crippen molar-refractivity contribution >= 4 is 5.96 Å². The molecule has 6 nitrogen and oxygen atoms in total. The van der Waals surface area contributed by atoms with Crippen LogP contribution in [0.2, 0.25) is 0 Å². The molecule has 2 N–H and O–H groups in total. The molecule has 2 aromatic rings. The van der Waals surface area contributed by atoms with E-state index in [9.17, 15) is 0 Å². The van der Waals surface area contributed by atoms with Crippen molar-refractivity contribution in [3.63, 3.8) is 0 Å². The van der Waals surface area contributed by atoms with Gasteiger partial charge in [-0.15, -0.1) is 0 Å². The van der Waals surface area contributed by atoms with Gasteiger partial charge in [-0.25, -0.2) is 4.98 Å². The average Bonchev–Trinajstić information content (AvgIpc) is 3.52. The minimum absolute atomic E-state index is 0.606. The highest BCUT2D eigenvalue weighted by Crippen LogP contribution is 2.30. The third-order valence-electron chi connectivity index (χ3n) is 4.37. The summed E-state index contributed by atoms with van der Waals surface area (Å²) in [5.74, 6) is 3.06. The number of aliphatic imine (C=N–C) groups is 1. The largest absolute Gasteiger partial charge is 0.493 e. The average molecular weight is 368 g/mol. The number of para-hydroxylation sites is 1. The van der Waals surface area contributed by atoms with Crippen LogP contribution in [-0.4, -0.2) is 31.2 Å². The van der Waals surface area contributed by atoms with Gasteiger partial charge in [0.25, 0.3) is 0 Å². The van der Waals surface area contributed by atoms with E-state index in [0.717, 1.165) is 35.4 Å². The van der Waals surface area contributed by atoms with Crippen LogP contribution in [0.15, 0.2) is 47.6 Å². The Bertz CT molecular complexity index is 759. The molecule has 1 aromatic carbocycles. The van der Waals surface area contributed by atoms with Crippen LogP contribution in [0.1, 0.15) is 30.9 Å². The first kappa shape index (κ1) is 19.0. The number of ether oxygens (including phenoxy) is 2. The normalized spacial score (nSPS) is 13.9. The summed E-state index contributed by atoms with van der Waals surface area (Å²) in [6.07, 6.45) is 4.33. The number of rotatable bonds is 9. The van der Waals surface area contributed by atoms with Crippen LogP contribution in [-0.2, 0) is 13.1 Å². The van der Waals surface area contributed by atoms with Crippen LogP contribution in [0.3, 0.4) is 0 Å². The molecule has 1 aliphatic carbocycles. The van der Waals surface area contributed by atoms with Crippen LogP contribution in [0.25, 0.3) is 0 Å². The zero-order chi connectivity index (χ0) is 18.9. The van der Waals surface area contributed by atoms with Gasteiger partial charge in [-0.1, -0.05) is 18.2 Å². The molecule has 144 valence electrons. The van der Waals surface area contributed by atoms with Gasteiger partial charge in [-0.2, -0.15) is 0 Å². The number of hydrogen-bond acceptors (Lipinski definition) is 4. The Morgan fingerprint density at radius 3 is 2.74 bits per heavy atom. The van der Waals surface area contributed by atoms with Gasteiger partial charge in [0, 0.05) is 38.0 Å². The van der Waals surface area contributed by atoms with Gasteiger partial charge >= 0.3 is 0 Å². The minimum Gasteiger partial charge on any atom is -0.493 e. The topological polar surface area (TPSA) is 67.8 Å². The number of nitrogens with zero attached hydrogens (tertiary/aromatic N) is 2. The fourth-order valence-corrected chi connectivity index (χ4v) is 2.66. The number of guanidine groups is 1. The Morgan fingerprint density at radius 2 is 1.96 bits per heavy atom. The number of benzene rings is 1. The van der Waals surface area contributed by atoms with Crippen LogP contribution in [0.5, 0.6) is 11.6 Å². The van der Waals surface area contributed by atoms with Crippen molar-refractivity contribution in [1.29, 1.82) is 0 Å². The van der Waals surface area contributed by atoms with Gasteiger partial charge < -0.3 is 20.1 Å². The number of aromatic nitrogens is 1. The van der Waals surface area contributed by atoms with Gasteiger partial charge in [0.1, 0.15) is 5.75 Å². The second-order valence-electron chi connectivity index (χ2n) is 6.58. The lowest BCUT2D eigenvalue weighted by molar-refractivity contribution is 0.296. The van der Waals surface area contributed by atoms with Crippen LogP contribution in [0, 0.1) is 5.92 Å². The maximum Gasteiger partial charge on any atom is 0.213 e. The first-order valence-corrected chi connectivity index (χ1v) is 9.51. The highest BCUT2D eigenvalue weighted by Gasteiger charge is 2.22. The molecule has 0 spiro atoms. The minimum atomic E-state index is 0.606. The van der Waals surface area contributed by atoms with Gasteiger partial charge in [0.2, 0.25) is 5.88 Å². The Balaban J connectivity index is 1.51. The van der Waals surface area contributed by atoms with E-state index in [4.69, 9.17) is 9.47 Å². The summed E-state index contributed by atoms with van der Waals surface area (Å²) in [6, 6.07) is 12.1. The predicted molar refractivity (Wildman–Crippen MR) is 107 cm³/mol. The molecule has 0 aliphatic heterocycles.